The second-order valence-electron chi connectivity index (χ2n) is 6.10. The van der Waals surface area contributed by atoms with Crippen LogP contribution in [-0.2, 0) is 16.6 Å². The number of benzene rings is 1. The van der Waals surface area contributed by atoms with Crippen LogP contribution in [0.1, 0.15) is 37.8 Å². The van der Waals surface area contributed by atoms with E-state index in [0.717, 1.165) is 12.8 Å². The molecule has 4 nitrogen and oxygen atoms in total. The molecule has 1 aliphatic carbocycles. The minimum absolute atomic E-state index is 0.134. The molecule has 2 rings (SSSR count). The third-order valence-electron chi connectivity index (χ3n) is 4.46. The molecule has 1 fully saturated rings. The molecule has 0 aromatic heterocycles. The summed E-state index contributed by atoms with van der Waals surface area (Å²) < 4.78 is 27.6. The van der Waals surface area contributed by atoms with Crippen LogP contribution in [0.5, 0.6) is 0 Å². The summed E-state index contributed by atoms with van der Waals surface area (Å²) in [5.74, 6) is 0.482. The molecule has 20 heavy (non-hydrogen) atoms. The maximum atomic E-state index is 12.4. The average molecular weight is 297 g/mol. The summed E-state index contributed by atoms with van der Waals surface area (Å²) in [6.45, 7) is 6.39. The topological polar surface area (TPSA) is 66.4 Å². The van der Waals surface area contributed by atoms with Gasteiger partial charge < -0.3 is 5.11 Å². The lowest BCUT2D eigenvalue weighted by molar-refractivity contribution is 0.281. The Morgan fingerprint density at radius 3 is 2.50 bits per heavy atom. The molecule has 5 heteroatoms. The van der Waals surface area contributed by atoms with Crippen molar-refractivity contribution in [2.45, 2.75) is 45.1 Å². The maximum Gasteiger partial charge on any atom is 0.240 e. The van der Waals surface area contributed by atoms with Crippen molar-refractivity contribution >= 4 is 10.0 Å². The Balaban J connectivity index is 2.18. The van der Waals surface area contributed by atoms with E-state index in [1.165, 1.54) is 0 Å². The molecular weight excluding hydrogens is 274 g/mol. The van der Waals surface area contributed by atoms with E-state index in [-0.39, 0.29) is 16.9 Å². The molecule has 0 amide bonds. The van der Waals surface area contributed by atoms with Gasteiger partial charge in [-0.3, -0.25) is 0 Å². The summed E-state index contributed by atoms with van der Waals surface area (Å²) in [7, 11) is -3.51. The highest BCUT2D eigenvalue weighted by molar-refractivity contribution is 7.89. The van der Waals surface area contributed by atoms with Crippen LogP contribution < -0.4 is 4.72 Å². The average Bonchev–Trinajstić information content (AvgIpc) is 3.18. The lowest BCUT2D eigenvalue weighted by Crippen LogP contribution is -2.33. The zero-order chi connectivity index (χ0) is 15.0. The van der Waals surface area contributed by atoms with E-state index < -0.39 is 10.0 Å². The quantitative estimate of drug-likeness (QED) is 0.846. The maximum absolute atomic E-state index is 12.4. The van der Waals surface area contributed by atoms with E-state index in [1.54, 1.807) is 25.1 Å². The van der Waals surface area contributed by atoms with Crippen molar-refractivity contribution < 1.29 is 13.5 Å². The fourth-order valence-corrected chi connectivity index (χ4v) is 3.90. The molecule has 0 heterocycles. The fourth-order valence-electron chi connectivity index (χ4n) is 2.47. The molecule has 1 aromatic carbocycles. The number of aryl methyl sites for hydroxylation is 1. The molecule has 112 valence electrons. The van der Waals surface area contributed by atoms with Crippen LogP contribution in [0.25, 0.3) is 0 Å². The minimum Gasteiger partial charge on any atom is -0.392 e. The third kappa shape index (κ3) is 3.05. The zero-order valence-electron chi connectivity index (χ0n) is 12.3. The SMILES string of the molecule is Cc1ccc(CO)cc1S(=O)(=O)NCC1(C(C)C)CC1. The molecular formula is C15H23NO3S. The number of aliphatic hydroxyl groups excluding tert-OH is 1. The van der Waals surface area contributed by atoms with Crippen molar-refractivity contribution in [3.63, 3.8) is 0 Å². The Kier molecular flexibility index (Phi) is 4.23. The summed E-state index contributed by atoms with van der Waals surface area (Å²) >= 11 is 0. The molecule has 0 aliphatic heterocycles. The van der Waals surface area contributed by atoms with Gasteiger partial charge in [0, 0.05) is 6.54 Å². The Bertz CT molecular complexity index is 589. The lowest BCUT2D eigenvalue weighted by atomic mass is 9.93. The second-order valence-corrected chi connectivity index (χ2v) is 7.83. The smallest absolute Gasteiger partial charge is 0.240 e. The van der Waals surface area contributed by atoms with Gasteiger partial charge in [-0.2, -0.15) is 0 Å². The van der Waals surface area contributed by atoms with E-state index in [2.05, 4.69) is 18.6 Å². The molecule has 0 bridgehead atoms. The van der Waals surface area contributed by atoms with Gasteiger partial charge >= 0.3 is 0 Å². The van der Waals surface area contributed by atoms with Gasteiger partial charge in [-0.15, -0.1) is 0 Å². The van der Waals surface area contributed by atoms with Gasteiger partial charge in [0.2, 0.25) is 10.0 Å². The van der Waals surface area contributed by atoms with Crippen molar-refractivity contribution in [1.82, 2.24) is 4.72 Å². The van der Waals surface area contributed by atoms with Crippen LogP contribution in [0.3, 0.4) is 0 Å². The number of nitrogens with one attached hydrogen (secondary N) is 1. The summed E-state index contributed by atoms with van der Waals surface area (Å²) in [5, 5.41) is 9.15. The number of rotatable bonds is 6. The highest BCUT2D eigenvalue weighted by atomic mass is 32.2. The first-order chi connectivity index (χ1) is 9.31. The molecule has 0 atom stereocenters. The molecule has 0 spiro atoms. The molecule has 2 N–H and O–H groups in total. The Morgan fingerprint density at radius 2 is 2.00 bits per heavy atom. The van der Waals surface area contributed by atoms with Crippen LogP contribution >= 0.6 is 0 Å². The first-order valence-electron chi connectivity index (χ1n) is 7.01. The van der Waals surface area contributed by atoms with Gasteiger partial charge in [0.25, 0.3) is 0 Å². The van der Waals surface area contributed by atoms with Gasteiger partial charge in [-0.25, -0.2) is 13.1 Å². The lowest BCUT2D eigenvalue weighted by Gasteiger charge is -2.20. The molecule has 0 radical (unpaired) electrons. The highest BCUT2D eigenvalue weighted by Gasteiger charge is 2.45. The van der Waals surface area contributed by atoms with Crippen molar-refractivity contribution in [3.8, 4) is 0 Å². The van der Waals surface area contributed by atoms with Gasteiger partial charge in [-0.1, -0.05) is 26.0 Å². The summed E-state index contributed by atoms with van der Waals surface area (Å²) in [5.41, 5.74) is 1.44. The van der Waals surface area contributed by atoms with E-state index in [4.69, 9.17) is 5.11 Å². The van der Waals surface area contributed by atoms with E-state index in [0.29, 0.717) is 23.6 Å². The Labute approximate surface area is 121 Å². The molecule has 0 unspecified atom stereocenters. The zero-order valence-corrected chi connectivity index (χ0v) is 13.1. The van der Waals surface area contributed by atoms with Crippen LogP contribution in [0.15, 0.2) is 23.1 Å². The normalized spacial score (nSPS) is 17.4. The predicted octanol–water partition coefficient (Wildman–Crippen LogP) is 2.20. The van der Waals surface area contributed by atoms with Gasteiger partial charge in [0.1, 0.15) is 0 Å². The van der Waals surface area contributed by atoms with Crippen molar-refractivity contribution in [3.05, 3.63) is 29.3 Å². The monoisotopic (exact) mass is 297 g/mol. The van der Waals surface area contributed by atoms with Crippen LogP contribution in [0.4, 0.5) is 0 Å². The van der Waals surface area contributed by atoms with E-state index in [1.807, 2.05) is 0 Å². The van der Waals surface area contributed by atoms with Crippen molar-refractivity contribution in [1.29, 1.82) is 0 Å². The van der Waals surface area contributed by atoms with Gasteiger partial charge in [-0.05, 0) is 48.3 Å². The first-order valence-corrected chi connectivity index (χ1v) is 8.49. The van der Waals surface area contributed by atoms with E-state index in [9.17, 15) is 8.42 Å². The molecule has 1 aliphatic rings. The molecule has 1 saturated carbocycles. The summed E-state index contributed by atoms with van der Waals surface area (Å²) in [6.07, 6.45) is 2.17. The largest absolute Gasteiger partial charge is 0.392 e. The predicted molar refractivity (Wildman–Crippen MR) is 78.8 cm³/mol. The van der Waals surface area contributed by atoms with Crippen molar-refractivity contribution in [2.75, 3.05) is 6.54 Å². The first kappa shape index (κ1) is 15.5. The minimum atomic E-state index is -3.51. The van der Waals surface area contributed by atoms with Gasteiger partial charge in [0.05, 0.1) is 11.5 Å². The van der Waals surface area contributed by atoms with E-state index >= 15 is 0 Å². The Hall–Kier alpha value is -0.910. The molecule has 1 aromatic rings. The third-order valence-corrected chi connectivity index (χ3v) is 6.00. The van der Waals surface area contributed by atoms with Gasteiger partial charge in [0.15, 0.2) is 0 Å². The fraction of sp³-hybridized carbons (Fsp3) is 0.600. The number of sulfonamides is 1. The highest BCUT2D eigenvalue weighted by Crippen LogP contribution is 2.51. The summed E-state index contributed by atoms with van der Waals surface area (Å²) in [4.78, 5) is 0.267. The number of aliphatic hydroxyl groups is 1. The Morgan fingerprint density at radius 1 is 1.35 bits per heavy atom. The standard InChI is InChI=1S/C15H23NO3S/c1-11(2)15(6-7-15)10-16-20(18,19)14-8-13(9-17)5-4-12(14)3/h4-5,8,11,16-17H,6-7,9-10H2,1-3H3. The number of hydrogen-bond donors (Lipinski definition) is 2. The second kappa shape index (κ2) is 5.47. The number of hydrogen-bond acceptors (Lipinski definition) is 3. The van der Waals surface area contributed by atoms with Crippen molar-refractivity contribution in [2.24, 2.45) is 11.3 Å². The molecule has 0 saturated heterocycles. The van der Waals surface area contributed by atoms with Crippen LogP contribution in [-0.4, -0.2) is 20.1 Å². The summed E-state index contributed by atoms with van der Waals surface area (Å²) in [6, 6.07) is 5.02. The van der Waals surface area contributed by atoms with Crippen LogP contribution in [0.2, 0.25) is 0 Å². The van der Waals surface area contributed by atoms with Crippen LogP contribution in [0, 0.1) is 18.3 Å².